The summed E-state index contributed by atoms with van der Waals surface area (Å²) in [5.74, 6) is -0.181. The average molecular weight is 669 g/mol. The third-order valence-corrected chi connectivity index (χ3v) is 8.15. The topological polar surface area (TPSA) is 132 Å². The zero-order valence-corrected chi connectivity index (χ0v) is 26.8. The van der Waals surface area contributed by atoms with Gasteiger partial charge in [0.25, 0.3) is 0 Å². The van der Waals surface area contributed by atoms with Crippen LogP contribution in [0.1, 0.15) is 18.1 Å². The number of hydrogen-bond acceptors (Lipinski definition) is 10. The maximum atomic E-state index is 13.1. The number of rotatable bonds is 15. The smallest absolute Gasteiger partial charge is 0.336 e. The number of carbonyl (C=O) groups is 3. The number of benzene rings is 4. The molecule has 10 nitrogen and oxygen atoms in total. The third kappa shape index (κ3) is 10.6. The maximum absolute atomic E-state index is 13.1. The molecule has 0 aliphatic rings. The van der Waals surface area contributed by atoms with E-state index in [0.717, 1.165) is 17.4 Å². The van der Waals surface area contributed by atoms with E-state index in [-0.39, 0.29) is 34.5 Å². The Kier molecular flexibility index (Phi) is 12.4. The van der Waals surface area contributed by atoms with Crippen molar-refractivity contribution in [2.45, 2.75) is 16.7 Å². The highest BCUT2D eigenvalue weighted by Crippen LogP contribution is 2.25. The Morgan fingerprint density at radius 1 is 0.583 bits per heavy atom. The Hall–Kier alpha value is -5.94. The summed E-state index contributed by atoms with van der Waals surface area (Å²) in [4.78, 5) is 35.6. The van der Waals surface area contributed by atoms with Crippen molar-refractivity contribution in [3.05, 3.63) is 133 Å². The summed E-state index contributed by atoms with van der Waals surface area (Å²) in [5.41, 5.74) is 1.49. The summed E-state index contributed by atoms with van der Waals surface area (Å²) >= 11 is 0. The Morgan fingerprint density at radius 3 is 1.42 bits per heavy atom. The molecule has 4 aromatic carbocycles. The van der Waals surface area contributed by atoms with E-state index in [1.54, 1.807) is 60.7 Å². The fourth-order valence-corrected chi connectivity index (χ4v) is 5.28. The van der Waals surface area contributed by atoms with Gasteiger partial charge in [-0.25, -0.2) is 22.8 Å². The molecule has 11 heteroatoms. The van der Waals surface area contributed by atoms with Crippen LogP contribution in [0.2, 0.25) is 0 Å². The summed E-state index contributed by atoms with van der Waals surface area (Å²) in [6, 6.07) is 24.9. The molecular formula is C37H32O10S. The maximum Gasteiger partial charge on any atom is 0.336 e. The van der Waals surface area contributed by atoms with Crippen molar-refractivity contribution < 1.29 is 46.5 Å². The van der Waals surface area contributed by atoms with E-state index in [1.807, 2.05) is 6.92 Å². The summed E-state index contributed by atoms with van der Waals surface area (Å²) in [5, 5.41) is 0. The Morgan fingerprint density at radius 2 is 1.00 bits per heavy atom. The molecule has 0 unspecified atom stereocenters. The van der Waals surface area contributed by atoms with Gasteiger partial charge >= 0.3 is 17.9 Å². The van der Waals surface area contributed by atoms with E-state index in [1.165, 1.54) is 60.7 Å². The molecule has 0 bridgehead atoms. The van der Waals surface area contributed by atoms with Crippen LogP contribution in [0.15, 0.2) is 132 Å². The number of carbonyl (C=O) groups excluding carboxylic acids is 3. The van der Waals surface area contributed by atoms with Gasteiger partial charge in [0.15, 0.2) is 0 Å². The van der Waals surface area contributed by atoms with E-state index in [9.17, 15) is 22.8 Å². The molecule has 0 radical (unpaired) electrons. The van der Waals surface area contributed by atoms with Crippen molar-refractivity contribution in [2.75, 3.05) is 19.8 Å². The molecule has 246 valence electrons. The third-order valence-electron chi connectivity index (χ3n) is 6.36. The van der Waals surface area contributed by atoms with Gasteiger partial charge in [-0.1, -0.05) is 30.8 Å². The molecule has 0 saturated heterocycles. The average Bonchev–Trinajstić information content (AvgIpc) is 3.10. The monoisotopic (exact) mass is 668 g/mol. The van der Waals surface area contributed by atoms with Gasteiger partial charge in [-0.15, -0.1) is 0 Å². The summed E-state index contributed by atoms with van der Waals surface area (Å²) < 4.78 is 52.6. The van der Waals surface area contributed by atoms with Gasteiger partial charge in [-0.2, -0.15) is 0 Å². The van der Waals surface area contributed by atoms with Crippen LogP contribution in [0.25, 0.3) is 12.2 Å². The summed E-state index contributed by atoms with van der Waals surface area (Å²) in [6.07, 6.45) is 6.73. The van der Waals surface area contributed by atoms with Gasteiger partial charge in [-0.05, 0) is 103 Å². The molecule has 4 aromatic rings. The molecule has 0 aliphatic carbocycles. The van der Waals surface area contributed by atoms with E-state index in [0.29, 0.717) is 17.9 Å². The first-order valence-electron chi connectivity index (χ1n) is 14.7. The van der Waals surface area contributed by atoms with E-state index >= 15 is 0 Å². The van der Waals surface area contributed by atoms with Crippen LogP contribution in [0.5, 0.6) is 23.0 Å². The molecule has 0 saturated carbocycles. The molecule has 0 fully saturated rings. The van der Waals surface area contributed by atoms with Crippen LogP contribution >= 0.6 is 0 Å². The van der Waals surface area contributed by atoms with Gasteiger partial charge in [0.1, 0.15) is 36.2 Å². The van der Waals surface area contributed by atoms with Crippen LogP contribution < -0.4 is 18.9 Å². The van der Waals surface area contributed by atoms with Crippen LogP contribution in [-0.2, 0) is 29.0 Å². The molecule has 4 rings (SSSR count). The second-order valence-corrected chi connectivity index (χ2v) is 11.7. The van der Waals surface area contributed by atoms with Crippen molar-refractivity contribution in [1.82, 2.24) is 0 Å². The van der Waals surface area contributed by atoms with Gasteiger partial charge in [0, 0.05) is 18.2 Å². The normalized spacial score (nSPS) is 11.2. The summed E-state index contributed by atoms with van der Waals surface area (Å²) in [7, 11) is -3.90. The molecule has 0 amide bonds. The number of sulfone groups is 1. The minimum Gasteiger partial charge on any atom is -0.494 e. The highest BCUT2D eigenvalue weighted by molar-refractivity contribution is 7.91. The molecular weight excluding hydrogens is 636 g/mol. The van der Waals surface area contributed by atoms with E-state index in [2.05, 4.69) is 6.58 Å². The van der Waals surface area contributed by atoms with Crippen LogP contribution in [0.3, 0.4) is 0 Å². The van der Waals surface area contributed by atoms with Crippen LogP contribution in [0, 0.1) is 0 Å². The standard InChI is InChI=1S/C37H32O10S/c1-3-35(38)45-26-25-44-30-13-7-28(8-14-30)10-24-37(40)47-32-17-21-34(22-18-32)48(41,42)33-19-15-31(16-20-33)46-36(39)23-9-27-5-11-29(12-6-27)43-4-2/h3,5-24H,1,4,25-26H2,2H3. The minimum absolute atomic E-state index is 0.00699. The SMILES string of the molecule is C=CC(=O)OCCOc1ccc(C=CC(=O)Oc2ccc(S(=O)(=O)c3ccc(OC(=O)C=Cc4ccc(OCC)cc4)cc3)cc2)cc1. The van der Waals surface area contributed by atoms with Gasteiger partial charge in [0.2, 0.25) is 9.84 Å². The van der Waals surface area contributed by atoms with Crippen molar-refractivity contribution in [2.24, 2.45) is 0 Å². The van der Waals surface area contributed by atoms with Crippen molar-refractivity contribution in [1.29, 1.82) is 0 Å². The number of esters is 3. The van der Waals surface area contributed by atoms with Crippen LogP contribution in [-0.4, -0.2) is 46.1 Å². The quantitative estimate of drug-likeness (QED) is 0.0619. The Bertz CT molecular complexity index is 1870. The molecule has 48 heavy (non-hydrogen) atoms. The minimum atomic E-state index is -3.90. The van der Waals surface area contributed by atoms with Crippen molar-refractivity contribution in [3.63, 3.8) is 0 Å². The predicted octanol–water partition coefficient (Wildman–Crippen LogP) is 6.26. The fourth-order valence-electron chi connectivity index (χ4n) is 4.02. The highest BCUT2D eigenvalue weighted by atomic mass is 32.2. The first kappa shape index (κ1) is 34.9. The molecule has 0 N–H and O–H groups in total. The molecule has 0 spiro atoms. The molecule has 0 aliphatic heterocycles. The first-order chi connectivity index (χ1) is 23.2. The first-order valence-corrected chi connectivity index (χ1v) is 16.1. The fraction of sp³-hybridized carbons (Fsp3) is 0.108. The largest absolute Gasteiger partial charge is 0.494 e. The lowest BCUT2D eigenvalue weighted by atomic mass is 10.2. The second kappa shape index (κ2) is 17.1. The van der Waals surface area contributed by atoms with Gasteiger partial charge in [-0.3, -0.25) is 0 Å². The molecule has 0 atom stereocenters. The predicted molar refractivity (Wildman–Crippen MR) is 178 cm³/mol. The van der Waals surface area contributed by atoms with E-state index < -0.39 is 27.7 Å². The molecule has 0 heterocycles. The lowest BCUT2D eigenvalue weighted by Gasteiger charge is -2.07. The lowest BCUT2D eigenvalue weighted by molar-refractivity contribution is -0.138. The number of ether oxygens (including phenoxy) is 5. The second-order valence-electron chi connectivity index (χ2n) is 9.75. The highest BCUT2D eigenvalue weighted by Gasteiger charge is 2.18. The van der Waals surface area contributed by atoms with Crippen molar-refractivity contribution >= 4 is 39.9 Å². The Balaban J connectivity index is 1.26. The zero-order chi connectivity index (χ0) is 34.4. The van der Waals surface area contributed by atoms with E-state index in [4.69, 9.17) is 23.7 Å². The number of hydrogen-bond donors (Lipinski definition) is 0. The van der Waals surface area contributed by atoms with Crippen molar-refractivity contribution in [3.8, 4) is 23.0 Å². The van der Waals surface area contributed by atoms with Gasteiger partial charge < -0.3 is 23.7 Å². The summed E-state index contributed by atoms with van der Waals surface area (Å²) in [6.45, 7) is 6.03. The van der Waals surface area contributed by atoms with Crippen LogP contribution in [0.4, 0.5) is 0 Å². The molecule has 0 aromatic heterocycles. The lowest BCUT2D eigenvalue weighted by Crippen LogP contribution is -2.10. The zero-order valence-electron chi connectivity index (χ0n) is 25.9. The van der Waals surface area contributed by atoms with Gasteiger partial charge in [0.05, 0.1) is 16.4 Å². The Labute approximate surface area is 278 Å².